The van der Waals surface area contributed by atoms with Crippen LogP contribution in [0.1, 0.15) is 13.3 Å². The van der Waals surface area contributed by atoms with Gasteiger partial charge in [0.05, 0.1) is 13.2 Å². The summed E-state index contributed by atoms with van der Waals surface area (Å²) in [6.07, 6.45) is 1.22. The average molecular weight is 116 g/mol. The molecule has 1 heterocycles. The third kappa shape index (κ3) is 1.01. The highest BCUT2D eigenvalue weighted by atomic mass is 16.5. The molecule has 1 saturated heterocycles. The lowest BCUT2D eigenvalue weighted by Crippen LogP contribution is -2.64. The Morgan fingerprint density at radius 3 is 2.62 bits per heavy atom. The van der Waals surface area contributed by atoms with Crippen LogP contribution in [0, 0.1) is 5.92 Å². The van der Waals surface area contributed by atoms with Crippen molar-refractivity contribution >= 4 is 0 Å². The molecule has 0 aliphatic carbocycles. The minimum Gasteiger partial charge on any atom is -0.375 e. The maximum absolute atomic E-state index is 5.20. The summed E-state index contributed by atoms with van der Waals surface area (Å²) < 4.78 is 5.20. The first-order chi connectivity index (χ1) is 3.84. The third-order valence-corrected chi connectivity index (χ3v) is 1.85. The van der Waals surface area contributed by atoms with Crippen LogP contribution in [-0.4, -0.2) is 19.3 Å². The molecule has 0 radical (unpaired) electrons. The highest BCUT2D eigenvalue weighted by Gasteiger charge is 2.25. The summed E-state index contributed by atoms with van der Waals surface area (Å²) in [4.78, 5) is 0. The van der Waals surface area contributed by atoms with Gasteiger partial charge in [0, 0.05) is 5.92 Å². The fourth-order valence-corrected chi connectivity index (χ4v) is 1.09. The zero-order valence-electron chi connectivity index (χ0n) is 5.39. The summed E-state index contributed by atoms with van der Waals surface area (Å²) in [5.74, 6) is 0.731. The smallest absolute Gasteiger partial charge is 0.113 e. The van der Waals surface area contributed by atoms with Gasteiger partial charge in [0.15, 0.2) is 0 Å². The zero-order valence-corrected chi connectivity index (χ0v) is 5.39. The molecule has 0 aromatic carbocycles. The second-order valence-electron chi connectivity index (χ2n) is 2.47. The van der Waals surface area contributed by atoms with E-state index in [2.05, 4.69) is 12.7 Å². The summed E-state index contributed by atoms with van der Waals surface area (Å²) in [6, 6.07) is 0.556. The maximum atomic E-state index is 5.20. The molecule has 0 aromatic rings. The Balaban J connectivity index is 2.30. The van der Waals surface area contributed by atoms with Crippen LogP contribution in [0.2, 0.25) is 0 Å². The first kappa shape index (κ1) is 6.05. The molecule has 2 nitrogen and oxygen atoms in total. The van der Waals surface area contributed by atoms with E-state index < -0.39 is 0 Å². The standard InChI is InChI=1S/C6H13NO/c1-2-5-3-8-4-6(5)7/h5-6H,2-4,7H2,1H3/p+1. The van der Waals surface area contributed by atoms with E-state index >= 15 is 0 Å². The van der Waals surface area contributed by atoms with Gasteiger partial charge in [-0.05, 0) is 6.42 Å². The Kier molecular flexibility index (Phi) is 1.86. The lowest BCUT2D eigenvalue weighted by Gasteiger charge is -2.04. The Bertz CT molecular complexity index is 74.9. The topological polar surface area (TPSA) is 36.9 Å². The second-order valence-corrected chi connectivity index (χ2v) is 2.47. The highest BCUT2D eigenvalue weighted by Crippen LogP contribution is 2.12. The molecule has 2 heteroatoms. The first-order valence-electron chi connectivity index (χ1n) is 3.25. The van der Waals surface area contributed by atoms with Crippen molar-refractivity contribution in [3.8, 4) is 0 Å². The molecule has 48 valence electrons. The third-order valence-electron chi connectivity index (χ3n) is 1.85. The summed E-state index contributed by atoms with van der Waals surface area (Å²) in [6.45, 7) is 4.00. The molecule has 3 N–H and O–H groups in total. The van der Waals surface area contributed by atoms with E-state index in [-0.39, 0.29) is 0 Å². The lowest BCUT2D eigenvalue weighted by molar-refractivity contribution is -0.426. The predicted octanol–water partition coefficient (Wildman–Crippen LogP) is -0.347. The summed E-state index contributed by atoms with van der Waals surface area (Å²) in [5.41, 5.74) is 3.96. The summed E-state index contributed by atoms with van der Waals surface area (Å²) >= 11 is 0. The van der Waals surface area contributed by atoms with Crippen molar-refractivity contribution in [1.82, 2.24) is 0 Å². The second kappa shape index (κ2) is 2.46. The van der Waals surface area contributed by atoms with Crippen LogP contribution in [0.3, 0.4) is 0 Å². The van der Waals surface area contributed by atoms with Crippen molar-refractivity contribution in [1.29, 1.82) is 0 Å². The fourth-order valence-electron chi connectivity index (χ4n) is 1.09. The van der Waals surface area contributed by atoms with Crippen LogP contribution in [0.25, 0.3) is 0 Å². The molecule has 1 aliphatic rings. The van der Waals surface area contributed by atoms with Gasteiger partial charge in [0.2, 0.25) is 0 Å². The summed E-state index contributed by atoms with van der Waals surface area (Å²) in [7, 11) is 0. The molecule has 2 atom stereocenters. The van der Waals surface area contributed by atoms with Crippen molar-refractivity contribution in [2.45, 2.75) is 19.4 Å². The van der Waals surface area contributed by atoms with Gasteiger partial charge in [0.25, 0.3) is 0 Å². The van der Waals surface area contributed by atoms with Gasteiger partial charge in [-0.1, -0.05) is 6.92 Å². The molecule has 1 aliphatic heterocycles. The van der Waals surface area contributed by atoms with Crippen LogP contribution < -0.4 is 5.73 Å². The largest absolute Gasteiger partial charge is 0.375 e. The van der Waals surface area contributed by atoms with Crippen LogP contribution in [0.5, 0.6) is 0 Å². The van der Waals surface area contributed by atoms with Gasteiger partial charge >= 0.3 is 0 Å². The van der Waals surface area contributed by atoms with Crippen molar-refractivity contribution < 1.29 is 10.5 Å². The van der Waals surface area contributed by atoms with Crippen molar-refractivity contribution in [2.75, 3.05) is 13.2 Å². The van der Waals surface area contributed by atoms with E-state index in [1.807, 2.05) is 0 Å². The highest BCUT2D eigenvalue weighted by molar-refractivity contribution is 4.70. The van der Waals surface area contributed by atoms with Crippen LogP contribution in [-0.2, 0) is 4.74 Å². The van der Waals surface area contributed by atoms with Crippen LogP contribution in [0.4, 0.5) is 0 Å². The summed E-state index contributed by atoms with van der Waals surface area (Å²) in [5, 5.41) is 0. The molecule has 8 heavy (non-hydrogen) atoms. The van der Waals surface area contributed by atoms with Crippen molar-refractivity contribution in [3.63, 3.8) is 0 Å². The Morgan fingerprint density at radius 2 is 2.38 bits per heavy atom. The molecule has 1 fully saturated rings. The molecule has 0 amide bonds. The van der Waals surface area contributed by atoms with Gasteiger partial charge < -0.3 is 10.5 Å². The van der Waals surface area contributed by atoms with Crippen molar-refractivity contribution in [3.05, 3.63) is 0 Å². The van der Waals surface area contributed by atoms with E-state index in [1.54, 1.807) is 0 Å². The quantitative estimate of drug-likeness (QED) is 0.499. The van der Waals surface area contributed by atoms with E-state index in [0.29, 0.717) is 6.04 Å². The maximum Gasteiger partial charge on any atom is 0.113 e. The van der Waals surface area contributed by atoms with E-state index in [4.69, 9.17) is 4.74 Å². The molecule has 2 unspecified atom stereocenters. The molecule has 0 saturated carbocycles. The van der Waals surface area contributed by atoms with Gasteiger partial charge in [0.1, 0.15) is 6.04 Å². The zero-order chi connectivity index (χ0) is 5.98. The van der Waals surface area contributed by atoms with Crippen LogP contribution in [0.15, 0.2) is 0 Å². The average Bonchev–Trinajstić information content (AvgIpc) is 2.14. The van der Waals surface area contributed by atoms with Gasteiger partial charge in [-0.3, -0.25) is 0 Å². The molecule has 0 bridgehead atoms. The Hall–Kier alpha value is -0.0800. The van der Waals surface area contributed by atoms with E-state index in [1.165, 1.54) is 6.42 Å². The minimum absolute atomic E-state index is 0.556. The number of rotatable bonds is 1. The van der Waals surface area contributed by atoms with E-state index in [0.717, 1.165) is 19.1 Å². The number of quaternary nitrogens is 1. The van der Waals surface area contributed by atoms with E-state index in [9.17, 15) is 0 Å². The predicted molar refractivity (Wildman–Crippen MR) is 31.3 cm³/mol. The van der Waals surface area contributed by atoms with Crippen LogP contribution >= 0.6 is 0 Å². The monoisotopic (exact) mass is 116 g/mol. The Labute approximate surface area is 50.0 Å². The number of ether oxygens (including phenoxy) is 1. The van der Waals surface area contributed by atoms with Gasteiger partial charge in [-0.2, -0.15) is 0 Å². The molecular weight excluding hydrogens is 102 g/mol. The van der Waals surface area contributed by atoms with Gasteiger partial charge in [-0.25, -0.2) is 0 Å². The lowest BCUT2D eigenvalue weighted by atomic mass is 10.0. The molecule has 0 aromatic heterocycles. The molecule has 0 spiro atoms. The van der Waals surface area contributed by atoms with Gasteiger partial charge in [-0.15, -0.1) is 0 Å². The Morgan fingerprint density at radius 1 is 1.62 bits per heavy atom. The fraction of sp³-hybridized carbons (Fsp3) is 1.00. The first-order valence-corrected chi connectivity index (χ1v) is 3.25. The molecule has 1 rings (SSSR count). The normalized spacial score (nSPS) is 38.2. The number of hydrogen-bond acceptors (Lipinski definition) is 1. The number of hydrogen-bond donors (Lipinski definition) is 1. The molecular formula is C6H14NO+. The SMILES string of the molecule is CCC1COCC1[NH3+]. The minimum atomic E-state index is 0.556. The van der Waals surface area contributed by atoms with Crippen molar-refractivity contribution in [2.24, 2.45) is 5.92 Å².